The first-order valence-corrected chi connectivity index (χ1v) is 10.5. The fraction of sp³-hybridized carbons (Fsp3) is 0.391. The van der Waals surface area contributed by atoms with Crippen molar-refractivity contribution in [3.05, 3.63) is 64.7 Å². The van der Waals surface area contributed by atoms with Crippen LogP contribution < -0.4 is 10.2 Å². The summed E-state index contributed by atoms with van der Waals surface area (Å²) in [5, 5.41) is 2.58. The van der Waals surface area contributed by atoms with E-state index in [-0.39, 0.29) is 24.2 Å². The van der Waals surface area contributed by atoms with Crippen molar-refractivity contribution >= 4 is 17.5 Å². The van der Waals surface area contributed by atoms with E-state index in [0.29, 0.717) is 23.4 Å². The van der Waals surface area contributed by atoms with Crippen LogP contribution in [0.5, 0.6) is 0 Å². The Morgan fingerprint density at radius 3 is 2.68 bits per heavy atom. The molecule has 2 aromatic carbocycles. The highest BCUT2D eigenvalue weighted by Gasteiger charge is 2.38. The quantitative estimate of drug-likeness (QED) is 0.780. The summed E-state index contributed by atoms with van der Waals surface area (Å²) >= 11 is 0. The predicted octanol–water partition coefficient (Wildman–Crippen LogP) is 4.43. The second-order valence-corrected chi connectivity index (χ2v) is 7.83. The fourth-order valence-corrected chi connectivity index (χ4v) is 4.49. The minimum atomic E-state index is -4.49. The molecule has 0 aromatic heterocycles. The van der Waals surface area contributed by atoms with Crippen LogP contribution in [0.3, 0.4) is 0 Å². The van der Waals surface area contributed by atoms with E-state index in [1.807, 2.05) is 11.8 Å². The fourth-order valence-electron chi connectivity index (χ4n) is 4.49. The third-order valence-corrected chi connectivity index (χ3v) is 5.99. The standard InChI is InChI=1S/C23H24F3N3O2/c1-2-28-19-13-15(10-11-17(19)22(31)29-12-6-5-9-20(28)29)21(30)27-14-16-7-3-4-8-18(16)23(24,25)26/h3-4,7-8,10-11,13,20H,2,5-6,9,12,14H2,1H3,(H,27,30)/t20-/m1/s1. The van der Waals surface area contributed by atoms with E-state index in [1.54, 1.807) is 18.2 Å². The van der Waals surface area contributed by atoms with Gasteiger partial charge in [-0.25, -0.2) is 0 Å². The lowest BCUT2D eigenvalue weighted by Crippen LogP contribution is -2.57. The molecule has 5 nitrogen and oxygen atoms in total. The number of anilines is 1. The van der Waals surface area contributed by atoms with Gasteiger partial charge in [0.25, 0.3) is 11.8 Å². The van der Waals surface area contributed by atoms with Crippen LogP contribution in [0.15, 0.2) is 42.5 Å². The lowest BCUT2D eigenvalue weighted by Gasteiger charge is -2.47. The molecule has 0 aliphatic carbocycles. The number of piperidine rings is 1. The number of nitrogens with one attached hydrogen (secondary N) is 1. The zero-order chi connectivity index (χ0) is 22.2. The summed E-state index contributed by atoms with van der Waals surface area (Å²) in [7, 11) is 0. The normalized spacial score (nSPS) is 18.5. The van der Waals surface area contributed by atoms with Crippen LogP contribution in [-0.2, 0) is 12.7 Å². The van der Waals surface area contributed by atoms with Crippen molar-refractivity contribution in [1.82, 2.24) is 10.2 Å². The van der Waals surface area contributed by atoms with Crippen LogP contribution in [0.4, 0.5) is 18.9 Å². The van der Waals surface area contributed by atoms with Gasteiger partial charge in [0.2, 0.25) is 0 Å². The molecule has 0 unspecified atom stereocenters. The topological polar surface area (TPSA) is 52.7 Å². The number of hydrogen-bond acceptors (Lipinski definition) is 3. The van der Waals surface area contributed by atoms with Crippen molar-refractivity contribution in [2.45, 2.75) is 45.1 Å². The van der Waals surface area contributed by atoms with Crippen molar-refractivity contribution in [2.24, 2.45) is 0 Å². The molecule has 8 heteroatoms. The molecule has 1 fully saturated rings. The first-order chi connectivity index (χ1) is 14.8. The summed E-state index contributed by atoms with van der Waals surface area (Å²) < 4.78 is 39.6. The molecule has 0 bridgehead atoms. The lowest BCUT2D eigenvalue weighted by atomic mass is 9.97. The van der Waals surface area contributed by atoms with Crippen LogP contribution >= 0.6 is 0 Å². The Morgan fingerprint density at radius 1 is 1.16 bits per heavy atom. The van der Waals surface area contributed by atoms with Gasteiger partial charge in [0.05, 0.1) is 16.8 Å². The lowest BCUT2D eigenvalue weighted by molar-refractivity contribution is -0.138. The van der Waals surface area contributed by atoms with Crippen LogP contribution in [-0.4, -0.2) is 36.0 Å². The van der Waals surface area contributed by atoms with E-state index >= 15 is 0 Å². The SMILES string of the molecule is CCN1c2cc(C(=O)NCc3ccccc3C(F)(F)F)ccc2C(=O)N2CCCC[C@@H]21. The molecule has 31 heavy (non-hydrogen) atoms. The highest BCUT2D eigenvalue weighted by atomic mass is 19.4. The van der Waals surface area contributed by atoms with E-state index in [4.69, 9.17) is 0 Å². The van der Waals surface area contributed by atoms with E-state index < -0.39 is 17.6 Å². The number of hydrogen-bond donors (Lipinski definition) is 1. The zero-order valence-electron chi connectivity index (χ0n) is 17.2. The molecule has 1 saturated heterocycles. The molecule has 164 valence electrons. The highest BCUT2D eigenvalue weighted by Crippen LogP contribution is 2.36. The molecular weight excluding hydrogens is 407 g/mol. The van der Waals surface area contributed by atoms with Gasteiger partial charge in [-0.2, -0.15) is 13.2 Å². The maximum atomic E-state index is 13.2. The van der Waals surface area contributed by atoms with Crippen molar-refractivity contribution in [3.63, 3.8) is 0 Å². The average Bonchev–Trinajstić information content (AvgIpc) is 2.77. The molecule has 1 atom stereocenters. The van der Waals surface area contributed by atoms with Crippen LogP contribution in [0.25, 0.3) is 0 Å². The van der Waals surface area contributed by atoms with Gasteiger partial charge in [-0.05, 0) is 56.0 Å². The van der Waals surface area contributed by atoms with Gasteiger partial charge in [0, 0.05) is 25.2 Å². The van der Waals surface area contributed by atoms with Crippen molar-refractivity contribution in [2.75, 3.05) is 18.0 Å². The van der Waals surface area contributed by atoms with Gasteiger partial charge in [0.15, 0.2) is 0 Å². The number of carbonyl (C=O) groups is 2. The molecule has 0 saturated carbocycles. The smallest absolute Gasteiger partial charge is 0.351 e. The minimum Gasteiger partial charge on any atom is -0.351 e. The maximum Gasteiger partial charge on any atom is 0.416 e. The molecule has 2 aliphatic rings. The number of carbonyl (C=O) groups excluding carboxylic acids is 2. The number of alkyl halides is 3. The zero-order valence-corrected chi connectivity index (χ0v) is 17.2. The van der Waals surface area contributed by atoms with E-state index in [1.165, 1.54) is 18.2 Å². The maximum absolute atomic E-state index is 13.2. The van der Waals surface area contributed by atoms with Gasteiger partial charge < -0.3 is 15.1 Å². The summed E-state index contributed by atoms with van der Waals surface area (Å²) in [5.74, 6) is -0.509. The Balaban J connectivity index is 1.57. The highest BCUT2D eigenvalue weighted by molar-refractivity contribution is 6.04. The summed E-state index contributed by atoms with van der Waals surface area (Å²) in [6, 6.07) is 10.1. The largest absolute Gasteiger partial charge is 0.416 e. The third kappa shape index (κ3) is 3.98. The Kier molecular flexibility index (Phi) is 5.64. The Morgan fingerprint density at radius 2 is 1.94 bits per heavy atom. The number of nitrogens with zero attached hydrogens (tertiary/aromatic N) is 2. The number of rotatable bonds is 4. The first-order valence-electron chi connectivity index (χ1n) is 10.5. The van der Waals surface area contributed by atoms with E-state index in [2.05, 4.69) is 10.2 Å². The van der Waals surface area contributed by atoms with Crippen molar-refractivity contribution in [3.8, 4) is 0 Å². The van der Waals surface area contributed by atoms with E-state index in [0.717, 1.165) is 31.9 Å². The van der Waals surface area contributed by atoms with Gasteiger partial charge in [-0.1, -0.05) is 18.2 Å². The van der Waals surface area contributed by atoms with Crippen molar-refractivity contribution < 1.29 is 22.8 Å². The number of amides is 2. The number of fused-ring (bicyclic) bond motifs is 2. The molecule has 2 heterocycles. The summed E-state index contributed by atoms with van der Waals surface area (Å²) in [6.45, 7) is 3.18. The van der Waals surface area contributed by atoms with Gasteiger partial charge in [-0.15, -0.1) is 0 Å². The molecule has 0 radical (unpaired) electrons. The Bertz CT molecular complexity index is 1010. The summed E-state index contributed by atoms with van der Waals surface area (Å²) in [5.41, 5.74) is 0.821. The van der Waals surface area contributed by atoms with Crippen LogP contribution in [0, 0.1) is 0 Å². The summed E-state index contributed by atoms with van der Waals surface area (Å²) in [6.07, 6.45) is -1.60. The molecule has 0 spiro atoms. The average molecular weight is 431 g/mol. The van der Waals surface area contributed by atoms with E-state index in [9.17, 15) is 22.8 Å². The third-order valence-electron chi connectivity index (χ3n) is 5.99. The van der Waals surface area contributed by atoms with Gasteiger partial charge in [0.1, 0.15) is 6.17 Å². The number of benzene rings is 2. The monoisotopic (exact) mass is 431 g/mol. The molecular formula is C23H24F3N3O2. The van der Waals surface area contributed by atoms with Crippen LogP contribution in [0.2, 0.25) is 0 Å². The number of halogens is 3. The molecule has 2 aromatic rings. The Hall–Kier alpha value is -3.03. The van der Waals surface area contributed by atoms with Gasteiger partial charge in [-0.3, -0.25) is 9.59 Å². The van der Waals surface area contributed by atoms with Crippen molar-refractivity contribution in [1.29, 1.82) is 0 Å². The molecule has 2 aliphatic heterocycles. The van der Waals surface area contributed by atoms with Crippen LogP contribution in [0.1, 0.15) is 58.0 Å². The summed E-state index contributed by atoms with van der Waals surface area (Å²) in [4.78, 5) is 29.7. The molecule has 1 N–H and O–H groups in total. The Labute approximate surface area is 178 Å². The second-order valence-electron chi connectivity index (χ2n) is 7.83. The second kappa shape index (κ2) is 8.24. The molecule has 4 rings (SSSR count). The predicted molar refractivity (Wildman–Crippen MR) is 111 cm³/mol. The minimum absolute atomic E-state index is 0.00419. The first kappa shape index (κ1) is 21.2. The molecule has 2 amide bonds. The van der Waals surface area contributed by atoms with Gasteiger partial charge >= 0.3 is 6.18 Å².